The van der Waals surface area contributed by atoms with Crippen molar-refractivity contribution in [2.45, 2.75) is 26.9 Å². The molecule has 2 heterocycles. The van der Waals surface area contributed by atoms with Crippen molar-refractivity contribution in [1.82, 2.24) is 5.32 Å². The van der Waals surface area contributed by atoms with E-state index in [9.17, 15) is 4.79 Å². The highest BCUT2D eigenvalue weighted by molar-refractivity contribution is 7.78. The summed E-state index contributed by atoms with van der Waals surface area (Å²) in [4.78, 5) is 17.9. The lowest BCUT2D eigenvalue weighted by Gasteiger charge is -2.09. The van der Waals surface area contributed by atoms with Gasteiger partial charge in [0.1, 0.15) is 5.00 Å². The van der Waals surface area contributed by atoms with Gasteiger partial charge in [0.05, 0.1) is 11.2 Å². The zero-order valence-corrected chi connectivity index (χ0v) is 16.5. The van der Waals surface area contributed by atoms with E-state index in [0.717, 1.165) is 32.2 Å². The number of thiophene rings is 1. The van der Waals surface area contributed by atoms with Gasteiger partial charge >= 0.3 is 0 Å². The summed E-state index contributed by atoms with van der Waals surface area (Å²) in [6.07, 6.45) is -0.565. The summed E-state index contributed by atoms with van der Waals surface area (Å²) in [5.41, 5.74) is 8.48. The molecule has 1 aromatic heterocycles. The summed E-state index contributed by atoms with van der Waals surface area (Å²) < 4.78 is 0. The van der Waals surface area contributed by atoms with Crippen LogP contribution in [0.3, 0.4) is 0 Å². The minimum atomic E-state index is -0.565. The predicted octanol–water partition coefficient (Wildman–Crippen LogP) is 3.32. The van der Waals surface area contributed by atoms with Crippen LogP contribution in [-0.2, 0) is 4.79 Å². The van der Waals surface area contributed by atoms with Crippen molar-refractivity contribution < 1.29 is 4.79 Å². The van der Waals surface area contributed by atoms with Crippen LogP contribution in [0.2, 0.25) is 0 Å². The predicted molar refractivity (Wildman–Crippen MR) is 112 cm³/mol. The molecule has 0 radical (unpaired) electrons. The maximum absolute atomic E-state index is 12.1. The topological polar surface area (TPSA) is 79.5 Å². The Balaban J connectivity index is 0.000000567. The minimum Gasteiger partial charge on any atom is -0.396 e. The van der Waals surface area contributed by atoms with Crippen LogP contribution in [-0.4, -0.2) is 30.3 Å². The number of aliphatic imine (C=N–C) groups is 1. The fourth-order valence-corrected chi connectivity index (χ4v) is 3.16. The molecule has 3 rings (SSSR count). The molecule has 1 aliphatic heterocycles. The third-order valence-electron chi connectivity index (χ3n) is 3.17. The second-order valence-electron chi connectivity index (χ2n) is 4.76. The molecule has 0 fully saturated rings. The fourth-order valence-electron chi connectivity index (χ4n) is 2.24. The van der Waals surface area contributed by atoms with Crippen LogP contribution in [0, 0.1) is 6.92 Å². The second kappa shape index (κ2) is 10.7. The van der Waals surface area contributed by atoms with Crippen LogP contribution in [0.15, 0.2) is 41.4 Å². The van der Waals surface area contributed by atoms with E-state index in [4.69, 9.17) is 0 Å². The highest BCUT2D eigenvalue weighted by Gasteiger charge is 2.25. The maximum atomic E-state index is 12.1. The average Bonchev–Trinajstić information content (AvgIpc) is 2.93. The zero-order chi connectivity index (χ0) is 18.8. The van der Waals surface area contributed by atoms with Crippen LogP contribution < -0.4 is 16.4 Å². The summed E-state index contributed by atoms with van der Waals surface area (Å²) in [6, 6.07) is 12.0. The Hall–Kier alpha value is -2.09. The molecule has 0 aliphatic carbocycles. The Bertz CT molecular complexity index is 726. The highest BCUT2D eigenvalue weighted by Crippen LogP contribution is 2.32. The quantitative estimate of drug-likeness (QED) is 0.703. The molecule has 0 saturated heterocycles. The van der Waals surface area contributed by atoms with Gasteiger partial charge in [-0.25, -0.2) is 0 Å². The van der Waals surface area contributed by atoms with Gasteiger partial charge in [-0.3, -0.25) is 15.1 Å². The summed E-state index contributed by atoms with van der Waals surface area (Å²) in [7, 11) is 1.74. The van der Waals surface area contributed by atoms with Gasteiger partial charge in [-0.15, -0.1) is 11.3 Å². The van der Waals surface area contributed by atoms with Crippen molar-refractivity contribution in [3.8, 4) is 0 Å². The first kappa shape index (κ1) is 21.0. The number of fused-ring (bicyclic) bond motifs is 1. The van der Waals surface area contributed by atoms with E-state index in [2.05, 4.69) is 39.6 Å². The number of carbonyl (C=O) groups excluding carboxylic acids is 1. The van der Waals surface area contributed by atoms with E-state index in [1.54, 1.807) is 18.4 Å². The standard InChI is InChI=1S/C15H15N3OS.C2H6.CH3NS/c1-9-8-11-12(10-6-4-3-5-7-10)17-13(16-2)14(19)18-15(11)20-9;1-2;2-1-3/h3-8,13,16H,1-2H3,(H,18,19);1-2H3;1H,(H2,2,3). The van der Waals surface area contributed by atoms with Crippen LogP contribution >= 0.6 is 23.6 Å². The summed E-state index contributed by atoms with van der Waals surface area (Å²) in [5.74, 6) is -0.124. The van der Waals surface area contributed by atoms with E-state index in [1.807, 2.05) is 51.1 Å². The van der Waals surface area contributed by atoms with Crippen LogP contribution in [0.25, 0.3) is 0 Å². The van der Waals surface area contributed by atoms with Crippen LogP contribution in [0.4, 0.5) is 5.00 Å². The third-order valence-corrected chi connectivity index (χ3v) is 4.14. The second-order valence-corrected chi connectivity index (χ2v) is 6.29. The lowest BCUT2D eigenvalue weighted by molar-refractivity contribution is -0.117. The van der Waals surface area contributed by atoms with Gasteiger partial charge in [0.2, 0.25) is 0 Å². The van der Waals surface area contributed by atoms with E-state index in [-0.39, 0.29) is 5.91 Å². The van der Waals surface area contributed by atoms with E-state index in [1.165, 1.54) is 0 Å². The monoisotopic (exact) mass is 376 g/mol. The summed E-state index contributed by atoms with van der Waals surface area (Å²) in [5, 5.41) is 6.75. The average molecular weight is 377 g/mol. The molecule has 0 bridgehead atoms. The molecule has 25 heavy (non-hydrogen) atoms. The molecule has 4 N–H and O–H groups in total. The SMILES string of the molecule is CC.CNC1N=C(c2ccccc2)c2cc(C)sc2NC1=O.NC=S. The van der Waals surface area contributed by atoms with Gasteiger partial charge in [0.15, 0.2) is 6.17 Å². The molecule has 5 nitrogen and oxygen atoms in total. The molecular weight excluding hydrogens is 352 g/mol. The highest BCUT2D eigenvalue weighted by atomic mass is 32.1. The molecular formula is C18H24N4OS2. The number of hydrogen-bond acceptors (Lipinski definition) is 5. The van der Waals surface area contributed by atoms with Crippen molar-refractivity contribution in [2.75, 3.05) is 12.4 Å². The van der Waals surface area contributed by atoms with Crippen molar-refractivity contribution >= 4 is 45.7 Å². The molecule has 0 saturated carbocycles. The minimum absolute atomic E-state index is 0.124. The van der Waals surface area contributed by atoms with E-state index in [0.29, 0.717) is 0 Å². The van der Waals surface area contributed by atoms with E-state index < -0.39 is 6.17 Å². The zero-order valence-electron chi connectivity index (χ0n) is 14.9. The normalized spacial score (nSPS) is 15.1. The van der Waals surface area contributed by atoms with Gasteiger partial charge < -0.3 is 11.1 Å². The fraction of sp³-hybridized carbons (Fsp3) is 0.278. The molecule has 1 atom stereocenters. The first-order valence-electron chi connectivity index (χ1n) is 7.98. The molecule has 1 amide bonds. The number of nitrogens with two attached hydrogens (primary N) is 1. The summed E-state index contributed by atoms with van der Waals surface area (Å²) in [6.45, 7) is 6.03. The Kier molecular flexibility index (Phi) is 8.98. The number of anilines is 1. The number of rotatable bonds is 2. The van der Waals surface area contributed by atoms with Crippen LogP contribution in [0.5, 0.6) is 0 Å². The number of likely N-dealkylation sites (N-methyl/N-ethyl adjacent to an activating group) is 1. The number of amides is 1. The van der Waals surface area contributed by atoms with Crippen molar-refractivity contribution in [3.05, 3.63) is 52.4 Å². The first-order valence-corrected chi connectivity index (χ1v) is 9.27. The molecule has 1 aromatic carbocycles. The third kappa shape index (κ3) is 5.45. The number of aryl methyl sites for hydroxylation is 1. The molecule has 7 heteroatoms. The smallest absolute Gasteiger partial charge is 0.264 e. The largest absolute Gasteiger partial charge is 0.396 e. The Morgan fingerprint density at radius 2 is 1.92 bits per heavy atom. The number of nitrogens with zero attached hydrogens (tertiary/aromatic N) is 1. The van der Waals surface area contributed by atoms with Crippen molar-refractivity contribution in [3.63, 3.8) is 0 Å². The first-order chi connectivity index (χ1) is 12.1. The number of hydrogen-bond donors (Lipinski definition) is 3. The number of thiocarbonyl (C=S) groups is 1. The van der Waals surface area contributed by atoms with E-state index >= 15 is 0 Å². The van der Waals surface area contributed by atoms with Crippen LogP contribution in [0.1, 0.15) is 29.9 Å². The summed E-state index contributed by atoms with van der Waals surface area (Å²) >= 11 is 5.62. The molecule has 0 spiro atoms. The number of nitrogens with one attached hydrogen (secondary N) is 2. The number of carbonyl (C=O) groups is 1. The Morgan fingerprint density at radius 3 is 2.48 bits per heavy atom. The molecule has 2 aromatic rings. The maximum Gasteiger partial charge on any atom is 0.264 e. The van der Waals surface area contributed by atoms with Gasteiger partial charge in [0, 0.05) is 16.0 Å². The van der Waals surface area contributed by atoms with Gasteiger partial charge in [-0.1, -0.05) is 56.4 Å². The number of benzene rings is 1. The van der Waals surface area contributed by atoms with Gasteiger partial charge in [-0.2, -0.15) is 0 Å². The molecule has 1 aliphatic rings. The molecule has 134 valence electrons. The Labute approximate surface area is 158 Å². The van der Waals surface area contributed by atoms with Gasteiger partial charge in [-0.05, 0) is 20.0 Å². The lowest BCUT2D eigenvalue weighted by Crippen LogP contribution is -2.36. The Morgan fingerprint density at radius 1 is 1.32 bits per heavy atom. The molecule has 1 unspecified atom stereocenters. The van der Waals surface area contributed by atoms with Crippen molar-refractivity contribution in [2.24, 2.45) is 10.7 Å². The lowest BCUT2D eigenvalue weighted by atomic mass is 10.0. The van der Waals surface area contributed by atoms with Crippen molar-refractivity contribution in [1.29, 1.82) is 0 Å². The van der Waals surface area contributed by atoms with Gasteiger partial charge in [0.25, 0.3) is 5.91 Å².